The van der Waals surface area contributed by atoms with E-state index in [-0.39, 0.29) is 17.9 Å². The molecule has 1 fully saturated rings. The van der Waals surface area contributed by atoms with Gasteiger partial charge in [-0.1, -0.05) is 6.42 Å². The van der Waals surface area contributed by atoms with Gasteiger partial charge in [0.1, 0.15) is 6.04 Å². The minimum Gasteiger partial charge on any atom is -0.350 e. The van der Waals surface area contributed by atoms with Crippen LogP contribution in [0.1, 0.15) is 31.2 Å². The number of hydrogen-bond donors (Lipinski definition) is 1. The Labute approximate surface area is 113 Å². The maximum absolute atomic E-state index is 12.2. The van der Waals surface area contributed by atoms with Gasteiger partial charge in [0.25, 0.3) is 0 Å². The lowest BCUT2D eigenvalue weighted by Crippen LogP contribution is -2.46. The summed E-state index contributed by atoms with van der Waals surface area (Å²) in [4.78, 5) is 29.4. The summed E-state index contributed by atoms with van der Waals surface area (Å²) in [5.74, 6) is -0.0175. The first kappa shape index (κ1) is 13.5. The largest absolute Gasteiger partial charge is 0.350 e. The SMILES string of the molecule is CN1C(=O)CCCC[C@H]1C(=O)NCc1ccncc1. The van der Waals surface area contributed by atoms with Crippen LogP contribution in [-0.2, 0) is 16.1 Å². The molecular weight excluding hydrogens is 242 g/mol. The predicted octanol–water partition coefficient (Wildman–Crippen LogP) is 1.10. The third-order valence-electron chi connectivity index (χ3n) is 3.50. The number of likely N-dealkylation sites (tertiary alicyclic amines) is 1. The van der Waals surface area contributed by atoms with Crippen molar-refractivity contribution >= 4 is 11.8 Å². The van der Waals surface area contributed by atoms with E-state index in [1.165, 1.54) is 0 Å². The number of aromatic nitrogens is 1. The summed E-state index contributed by atoms with van der Waals surface area (Å²) < 4.78 is 0. The quantitative estimate of drug-likeness (QED) is 0.886. The van der Waals surface area contributed by atoms with Gasteiger partial charge in [-0.05, 0) is 30.5 Å². The fourth-order valence-electron chi connectivity index (χ4n) is 2.27. The fraction of sp³-hybridized carbons (Fsp3) is 0.500. The van der Waals surface area contributed by atoms with Crippen LogP contribution in [0.5, 0.6) is 0 Å². The summed E-state index contributed by atoms with van der Waals surface area (Å²) in [5, 5.41) is 2.89. The number of pyridine rings is 1. The third-order valence-corrected chi connectivity index (χ3v) is 3.50. The lowest BCUT2D eigenvalue weighted by Gasteiger charge is -2.25. The van der Waals surface area contributed by atoms with Gasteiger partial charge in [0, 0.05) is 32.4 Å². The highest BCUT2D eigenvalue weighted by atomic mass is 16.2. The van der Waals surface area contributed by atoms with Crippen molar-refractivity contribution < 1.29 is 9.59 Å². The Kier molecular flexibility index (Phi) is 4.49. The Morgan fingerprint density at radius 1 is 1.42 bits per heavy atom. The van der Waals surface area contributed by atoms with E-state index >= 15 is 0 Å². The number of hydrogen-bond acceptors (Lipinski definition) is 3. The molecule has 0 unspecified atom stereocenters. The fourth-order valence-corrected chi connectivity index (χ4v) is 2.27. The molecule has 2 rings (SSSR count). The van der Waals surface area contributed by atoms with Gasteiger partial charge in [0.05, 0.1) is 0 Å². The van der Waals surface area contributed by atoms with Crippen LogP contribution in [0, 0.1) is 0 Å². The molecule has 0 aromatic carbocycles. The van der Waals surface area contributed by atoms with Crippen molar-refractivity contribution in [2.75, 3.05) is 7.05 Å². The van der Waals surface area contributed by atoms with Gasteiger partial charge in [0.2, 0.25) is 11.8 Å². The van der Waals surface area contributed by atoms with Crippen LogP contribution in [0.3, 0.4) is 0 Å². The Bertz CT molecular complexity index is 447. The number of likely N-dealkylation sites (N-methyl/N-ethyl adjacent to an activating group) is 1. The van der Waals surface area contributed by atoms with E-state index in [0.29, 0.717) is 13.0 Å². The summed E-state index contributed by atoms with van der Waals surface area (Å²) in [5.41, 5.74) is 1.01. The first-order chi connectivity index (χ1) is 9.18. The number of nitrogens with one attached hydrogen (secondary N) is 1. The molecule has 19 heavy (non-hydrogen) atoms. The minimum atomic E-state index is -0.336. The van der Waals surface area contributed by atoms with Gasteiger partial charge in [0.15, 0.2) is 0 Å². The second-order valence-corrected chi connectivity index (χ2v) is 4.84. The molecular formula is C14H19N3O2. The summed E-state index contributed by atoms with van der Waals surface area (Å²) in [7, 11) is 1.71. The van der Waals surface area contributed by atoms with Crippen molar-refractivity contribution in [3.05, 3.63) is 30.1 Å². The van der Waals surface area contributed by atoms with E-state index in [1.807, 2.05) is 12.1 Å². The minimum absolute atomic E-state index is 0.0570. The summed E-state index contributed by atoms with van der Waals surface area (Å²) in [6.07, 6.45) is 6.47. The standard InChI is InChI=1S/C14H19N3O2/c1-17-12(4-2-3-5-13(17)18)14(19)16-10-11-6-8-15-9-7-11/h6-9,12H,2-5,10H2,1H3,(H,16,19)/t12-/m0/s1. The number of carbonyl (C=O) groups is 2. The Morgan fingerprint density at radius 3 is 2.89 bits per heavy atom. The number of nitrogens with zero attached hydrogens (tertiary/aromatic N) is 2. The number of amides is 2. The van der Waals surface area contributed by atoms with E-state index < -0.39 is 0 Å². The van der Waals surface area contributed by atoms with E-state index in [0.717, 1.165) is 24.8 Å². The van der Waals surface area contributed by atoms with E-state index in [4.69, 9.17) is 0 Å². The van der Waals surface area contributed by atoms with E-state index in [1.54, 1.807) is 24.3 Å². The van der Waals surface area contributed by atoms with Crippen molar-refractivity contribution in [2.24, 2.45) is 0 Å². The molecule has 1 atom stereocenters. The normalized spacial score (nSPS) is 19.9. The first-order valence-electron chi connectivity index (χ1n) is 6.61. The van der Waals surface area contributed by atoms with Gasteiger partial charge in [-0.2, -0.15) is 0 Å². The van der Waals surface area contributed by atoms with E-state index in [9.17, 15) is 9.59 Å². The highest BCUT2D eigenvalue weighted by Crippen LogP contribution is 2.16. The van der Waals surface area contributed by atoms with Gasteiger partial charge in [-0.3, -0.25) is 14.6 Å². The Hall–Kier alpha value is -1.91. The highest BCUT2D eigenvalue weighted by molar-refractivity contribution is 5.87. The molecule has 5 heteroatoms. The van der Waals surface area contributed by atoms with Crippen LogP contribution in [0.4, 0.5) is 0 Å². The molecule has 1 aromatic rings. The number of carbonyl (C=O) groups excluding carboxylic acids is 2. The number of rotatable bonds is 3. The van der Waals surface area contributed by atoms with Crippen LogP contribution < -0.4 is 5.32 Å². The molecule has 0 spiro atoms. The molecule has 1 aliphatic rings. The van der Waals surface area contributed by atoms with Crippen LogP contribution in [0.15, 0.2) is 24.5 Å². The van der Waals surface area contributed by atoms with Crippen LogP contribution in [0.2, 0.25) is 0 Å². The average molecular weight is 261 g/mol. The van der Waals surface area contributed by atoms with Crippen molar-refractivity contribution in [2.45, 2.75) is 38.3 Å². The zero-order valence-corrected chi connectivity index (χ0v) is 11.1. The van der Waals surface area contributed by atoms with Gasteiger partial charge in [-0.15, -0.1) is 0 Å². The molecule has 1 aliphatic heterocycles. The van der Waals surface area contributed by atoms with Crippen molar-refractivity contribution in [3.63, 3.8) is 0 Å². The topological polar surface area (TPSA) is 62.3 Å². The lowest BCUT2D eigenvalue weighted by atomic mass is 10.1. The molecule has 5 nitrogen and oxygen atoms in total. The zero-order chi connectivity index (χ0) is 13.7. The van der Waals surface area contributed by atoms with Gasteiger partial charge < -0.3 is 10.2 Å². The smallest absolute Gasteiger partial charge is 0.243 e. The summed E-state index contributed by atoms with van der Waals surface area (Å²) in [6.45, 7) is 0.472. The third kappa shape index (κ3) is 3.53. The lowest BCUT2D eigenvalue weighted by molar-refractivity contribution is -0.138. The summed E-state index contributed by atoms with van der Waals surface area (Å²) in [6, 6.07) is 3.39. The molecule has 0 saturated carbocycles. The van der Waals surface area contributed by atoms with Crippen molar-refractivity contribution in [3.8, 4) is 0 Å². The Balaban J connectivity index is 1.93. The second-order valence-electron chi connectivity index (χ2n) is 4.84. The zero-order valence-electron chi connectivity index (χ0n) is 11.1. The molecule has 2 amide bonds. The molecule has 0 radical (unpaired) electrons. The maximum Gasteiger partial charge on any atom is 0.243 e. The molecule has 1 saturated heterocycles. The first-order valence-corrected chi connectivity index (χ1v) is 6.61. The van der Waals surface area contributed by atoms with Gasteiger partial charge in [-0.25, -0.2) is 0 Å². The highest BCUT2D eigenvalue weighted by Gasteiger charge is 2.28. The molecule has 0 bridgehead atoms. The predicted molar refractivity (Wildman–Crippen MR) is 71.1 cm³/mol. The Morgan fingerprint density at radius 2 is 2.16 bits per heavy atom. The van der Waals surface area contributed by atoms with Gasteiger partial charge >= 0.3 is 0 Å². The van der Waals surface area contributed by atoms with Crippen LogP contribution >= 0.6 is 0 Å². The van der Waals surface area contributed by atoms with Crippen molar-refractivity contribution in [1.82, 2.24) is 15.2 Å². The van der Waals surface area contributed by atoms with Crippen LogP contribution in [0.25, 0.3) is 0 Å². The van der Waals surface area contributed by atoms with Crippen LogP contribution in [-0.4, -0.2) is 34.8 Å². The molecule has 1 aromatic heterocycles. The maximum atomic E-state index is 12.2. The van der Waals surface area contributed by atoms with Crippen molar-refractivity contribution in [1.29, 1.82) is 0 Å². The average Bonchev–Trinajstić information content (AvgIpc) is 2.60. The van der Waals surface area contributed by atoms with E-state index in [2.05, 4.69) is 10.3 Å². The summed E-state index contributed by atoms with van der Waals surface area (Å²) >= 11 is 0. The second kappa shape index (κ2) is 6.31. The molecule has 2 heterocycles. The molecule has 0 aliphatic carbocycles. The molecule has 102 valence electrons. The molecule has 1 N–H and O–H groups in total. The monoisotopic (exact) mass is 261 g/mol.